The van der Waals surface area contributed by atoms with Gasteiger partial charge in [-0.3, -0.25) is 0 Å². The van der Waals surface area contributed by atoms with Crippen molar-refractivity contribution in [1.29, 1.82) is 0 Å². The van der Waals surface area contributed by atoms with Crippen LogP contribution in [0.1, 0.15) is 226 Å². The molecule has 0 saturated carbocycles. The van der Waals surface area contributed by atoms with E-state index in [-0.39, 0.29) is 6.10 Å². The van der Waals surface area contributed by atoms with Crippen LogP contribution in [0, 0.1) is 0 Å². The predicted octanol–water partition coefficient (Wildman–Crippen LogP) is 14.4. The molecule has 41 heavy (non-hydrogen) atoms. The standard InChI is InChI=1S/C40H78O/c1-3-5-7-9-10-11-12-13-14-15-16-17-18-19-20-21-22-23-24-25-26-27-28-29-30-31-32-33-34-35-37-39-40(41)38-36-8-6-4-2/h13-14,35,37,40-41H,3-12,15-34,36,38-39H2,1-2H3/t40-/m1/s1. The molecule has 1 N–H and O–H groups in total. The lowest BCUT2D eigenvalue weighted by Gasteiger charge is -2.07. The lowest BCUT2D eigenvalue weighted by atomic mass is 10.0. The van der Waals surface area contributed by atoms with Crippen molar-refractivity contribution in [2.45, 2.75) is 232 Å². The minimum absolute atomic E-state index is 0.120. The quantitative estimate of drug-likeness (QED) is 0.0589. The lowest BCUT2D eigenvalue weighted by Crippen LogP contribution is -2.04. The Morgan fingerprint density at radius 1 is 0.341 bits per heavy atom. The van der Waals surface area contributed by atoms with E-state index in [1.165, 1.54) is 199 Å². The van der Waals surface area contributed by atoms with Gasteiger partial charge in [0.25, 0.3) is 0 Å². The van der Waals surface area contributed by atoms with Gasteiger partial charge in [0, 0.05) is 0 Å². The van der Waals surface area contributed by atoms with Crippen LogP contribution >= 0.6 is 0 Å². The Morgan fingerprint density at radius 2 is 0.610 bits per heavy atom. The van der Waals surface area contributed by atoms with E-state index in [2.05, 4.69) is 38.2 Å². The molecule has 0 aromatic rings. The summed E-state index contributed by atoms with van der Waals surface area (Å²) in [5, 5.41) is 10.0. The largest absolute Gasteiger partial charge is 0.393 e. The summed E-state index contributed by atoms with van der Waals surface area (Å²) in [7, 11) is 0. The van der Waals surface area contributed by atoms with E-state index in [0.29, 0.717) is 0 Å². The first-order valence-corrected chi connectivity index (χ1v) is 19.3. The van der Waals surface area contributed by atoms with Crippen LogP contribution in [0.2, 0.25) is 0 Å². The van der Waals surface area contributed by atoms with Crippen molar-refractivity contribution in [3.63, 3.8) is 0 Å². The van der Waals surface area contributed by atoms with Gasteiger partial charge in [0.1, 0.15) is 0 Å². The number of allylic oxidation sites excluding steroid dienone is 3. The predicted molar refractivity (Wildman–Crippen MR) is 188 cm³/mol. The van der Waals surface area contributed by atoms with Crippen molar-refractivity contribution in [3.05, 3.63) is 24.3 Å². The van der Waals surface area contributed by atoms with E-state index in [1.54, 1.807) is 0 Å². The second-order valence-corrected chi connectivity index (χ2v) is 13.2. The molecule has 0 unspecified atom stereocenters. The number of hydrogen-bond acceptors (Lipinski definition) is 1. The van der Waals surface area contributed by atoms with E-state index >= 15 is 0 Å². The van der Waals surface area contributed by atoms with Crippen LogP contribution in [0.5, 0.6) is 0 Å². The van der Waals surface area contributed by atoms with Crippen molar-refractivity contribution in [2.75, 3.05) is 0 Å². The smallest absolute Gasteiger partial charge is 0.0574 e. The maximum atomic E-state index is 10.0. The van der Waals surface area contributed by atoms with Crippen LogP contribution in [0.25, 0.3) is 0 Å². The summed E-state index contributed by atoms with van der Waals surface area (Å²) in [5.41, 5.74) is 0. The highest BCUT2D eigenvalue weighted by Gasteiger charge is 2.01. The molecule has 0 spiro atoms. The summed E-state index contributed by atoms with van der Waals surface area (Å²) in [6.45, 7) is 4.53. The van der Waals surface area contributed by atoms with E-state index < -0.39 is 0 Å². The molecule has 0 aliphatic heterocycles. The first-order chi connectivity index (χ1) is 20.3. The molecule has 0 aliphatic carbocycles. The molecule has 0 aromatic carbocycles. The third-order valence-electron chi connectivity index (χ3n) is 8.85. The molecule has 1 atom stereocenters. The summed E-state index contributed by atoms with van der Waals surface area (Å²) < 4.78 is 0. The van der Waals surface area contributed by atoms with Gasteiger partial charge in [-0.25, -0.2) is 0 Å². The van der Waals surface area contributed by atoms with Gasteiger partial charge >= 0.3 is 0 Å². The Hall–Kier alpha value is -0.560. The molecule has 0 aromatic heterocycles. The Morgan fingerprint density at radius 3 is 0.951 bits per heavy atom. The first-order valence-electron chi connectivity index (χ1n) is 19.3. The zero-order chi connectivity index (χ0) is 29.7. The Bertz CT molecular complexity index is 507. The molecular formula is C40H78O. The summed E-state index contributed by atoms with van der Waals surface area (Å²) in [5.74, 6) is 0. The topological polar surface area (TPSA) is 20.2 Å². The van der Waals surface area contributed by atoms with Crippen LogP contribution in [0.3, 0.4) is 0 Å². The van der Waals surface area contributed by atoms with E-state index in [4.69, 9.17) is 0 Å². The van der Waals surface area contributed by atoms with Crippen LogP contribution in [0.15, 0.2) is 24.3 Å². The molecule has 0 rings (SSSR count). The minimum Gasteiger partial charge on any atom is -0.393 e. The van der Waals surface area contributed by atoms with Gasteiger partial charge in [0.15, 0.2) is 0 Å². The summed E-state index contributed by atoms with van der Waals surface area (Å²) in [6, 6.07) is 0. The number of hydrogen-bond donors (Lipinski definition) is 1. The molecular weight excluding hydrogens is 496 g/mol. The van der Waals surface area contributed by atoms with Gasteiger partial charge in [0.2, 0.25) is 0 Å². The van der Waals surface area contributed by atoms with Gasteiger partial charge in [-0.05, 0) is 51.4 Å². The van der Waals surface area contributed by atoms with Crippen molar-refractivity contribution >= 4 is 0 Å². The SMILES string of the molecule is CCCCCCCCC=CCCCCCCCCCCCCCCCCCCCCC=CC[C@H](O)CCCCCC. The fraction of sp³-hybridized carbons (Fsp3) is 0.900. The molecule has 1 nitrogen and oxygen atoms in total. The van der Waals surface area contributed by atoms with Gasteiger partial charge in [-0.2, -0.15) is 0 Å². The van der Waals surface area contributed by atoms with Crippen molar-refractivity contribution < 1.29 is 5.11 Å². The van der Waals surface area contributed by atoms with E-state index in [9.17, 15) is 5.11 Å². The van der Waals surface area contributed by atoms with Gasteiger partial charge < -0.3 is 5.11 Å². The van der Waals surface area contributed by atoms with Gasteiger partial charge in [0.05, 0.1) is 6.10 Å². The normalized spacial score (nSPS) is 12.8. The Labute approximate surface area is 260 Å². The summed E-state index contributed by atoms with van der Waals surface area (Å²) in [6.07, 6.45) is 54.3. The molecule has 0 saturated heterocycles. The first kappa shape index (κ1) is 40.4. The fourth-order valence-electron chi connectivity index (χ4n) is 5.93. The van der Waals surface area contributed by atoms with Crippen molar-refractivity contribution in [2.24, 2.45) is 0 Å². The second-order valence-electron chi connectivity index (χ2n) is 13.2. The third-order valence-corrected chi connectivity index (χ3v) is 8.85. The minimum atomic E-state index is -0.120. The van der Waals surface area contributed by atoms with E-state index in [1.807, 2.05) is 0 Å². The average Bonchev–Trinajstić information content (AvgIpc) is 2.98. The Kier molecular flexibility index (Phi) is 37.0. The van der Waals surface area contributed by atoms with Crippen LogP contribution < -0.4 is 0 Å². The zero-order valence-electron chi connectivity index (χ0n) is 28.7. The third kappa shape index (κ3) is 37.4. The molecule has 1 heteroatoms. The average molecular weight is 575 g/mol. The highest BCUT2D eigenvalue weighted by Crippen LogP contribution is 2.15. The zero-order valence-corrected chi connectivity index (χ0v) is 28.7. The van der Waals surface area contributed by atoms with E-state index in [0.717, 1.165) is 12.8 Å². The Balaban J connectivity index is 3.15. The monoisotopic (exact) mass is 575 g/mol. The highest BCUT2D eigenvalue weighted by molar-refractivity contribution is 4.84. The molecule has 244 valence electrons. The summed E-state index contributed by atoms with van der Waals surface area (Å²) >= 11 is 0. The highest BCUT2D eigenvalue weighted by atomic mass is 16.3. The molecule has 0 heterocycles. The number of unbranched alkanes of at least 4 members (excludes halogenated alkanes) is 28. The second kappa shape index (κ2) is 37.5. The fourth-order valence-corrected chi connectivity index (χ4v) is 5.93. The number of rotatable bonds is 35. The number of aliphatic hydroxyl groups is 1. The van der Waals surface area contributed by atoms with Crippen LogP contribution in [-0.2, 0) is 0 Å². The van der Waals surface area contributed by atoms with Gasteiger partial charge in [-0.1, -0.05) is 199 Å². The molecule has 0 radical (unpaired) electrons. The maximum Gasteiger partial charge on any atom is 0.0574 e. The lowest BCUT2D eigenvalue weighted by molar-refractivity contribution is 0.163. The molecule has 0 fully saturated rings. The van der Waals surface area contributed by atoms with Gasteiger partial charge in [-0.15, -0.1) is 0 Å². The van der Waals surface area contributed by atoms with Crippen molar-refractivity contribution in [3.8, 4) is 0 Å². The summed E-state index contributed by atoms with van der Waals surface area (Å²) in [4.78, 5) is 0. The van der Waals surface area contributed by atoms with Crippen LogP contribution in [-0.4, -0.2) is 11.2 Å². The molecule has 0 aliphatic rings. The van der Waals surface area contributed by atoms with Crippen LogP contribution in [0.4, 0.5) is 0 Å². The number of aliphatic hydroxyl groups excluding tert-OH is 1. The maximum absolute atomic E-state index is 10.0. The molecule has 0 amide bonds. The van der Waals surface area contributed by atoms with Crippen molar-refractivity contribution in [1.82, 2.24) is 0 Å². The molecule has 0 bridgehead atoms.